The van der Waals surface area contributed by atoms with Crippen LogP contribution in [0.2, 0.25) is 0 Å². The molecule has 0 amide bonds. The zero-order valence-electron chi connectivity index (χ0n) is 11.5. The lowest BCUT2D eigenvalue weighted by molar-refractivity contribution is 0.0972. The van der Waals surface area contributed by atoms with Gasteiger partial charge in [-0.1, -0.05) is 28.1 Å². The van der Waals surface area contributed by atoms with Gasteiger partial charge >= 0.3 is 0 Å². The molecule has 0 saturated heterocycles. The lowest BCUT2D eigenvalue weighted by Gasteiger charge is -2.15. The van der Waals surface area contributed by atoms with Gasteiger partial charge in [0.1, 0.15) is 0 Å². The van der Waals surface area contributed by atoms with Crippen molar-refractivity contribution >= 4 is 32.5 Å². The van der Waals surface area contributed by atoms with E-state index in [2.05, 4.69) is 56.9 Å². The molecule has 1 aliphatic rings. The summed E-state index contributed by atoms with van der Waals surface area (Å²) in [5.41, 5.74) is 3.18. The molecule has 1 aromatic heterocycles. The van der Waals surface area contributed by atoms with Crippen LogP contribution in [0.15, 0.2) is 53.1 Å². The molecular formula is C18H14BrNO. The Bertz CT molecular complexity index is 863. The van der Waals surface area contributed by atoms with E-state index in [1.54, 1.807) is 0 Å². The second kappa shape index (κ2) is 4.85. The van der Waals surface area contributed by atoms with E-state index in [4.69, 9.17) is 0 Å². The summed E-state index contributed by atoms with van der Waals surface area (Å²) < 4.78 is 3.25. The van der Waals surface area contributed by atoms with E-state index in [9.17, 15) is 4.79 Å². The fourth-order valence-electron chi connectivity index (χ4n) is 3.12. The summed E-state index contributed by atoms with van der Waals surface area (Å²) in [7, 11) is 0. The van der Waals surface area contributed by atoms with Crippen molar-refractivity contribution < 1.29 is 4.79 Å². The van der Waals surface area contributed by atoms with Crippen molar-refractivity contribution in [2.24, 2.45) is 0 Å². The van der Waals surface area contributed by atoms with Crippen LogP contribution in [0.5, 0.6) is 0 Å². The Labute approximate surface area is 131 Å². The van der Waals surface area contributed by atoms with E-state index in [0.29, 0.717) is 6.42 Å². The number of carbonyl (C=O) groups is 1. The number of Topliss-reactive ketones (excluding diaryl/α,β-unsaturated/α-hetero) is 1. The third-order valence-electron chi connectivity index (χ3n) is 4.17. The maximum absolute atomic E-state index is 12.0. The van der Waals surface area contributed by atoms with E-state index < -0.39 is 0 Å². The summed E-state index contributed by atoms with van der Waals surface area (Å²) in [5.74, 6) is 0.278. The number of hydrogen-bond acceptors (Lipinski definition) is 1. The monoisotopic (exact) mass is 339 g/mol. The van der Waals surface area contributed by atoms with Crippen LogP contribution in [-0.2, 0) is 6.42 Å². The van der Waals surface area contributed by atoms with Gasteiger partial charge < -0.3 is 4.57 Å². The standard InChI is InChI=1S/C18H14BrNO/c19-14-6-4-13-11-15(7-5-12(13)10-14)20-9-8-16-17(20)2-1-3-18(16)21/h4-11H,1-3H2. The van der Waals surface area contributed by atoms with Crippen LogP contribution in [0.1, 0.15) is 28.9 Å². The van der Waals surface area contributed by atoms with Crippen LogP contribution in [0.3, 0.4) is 0 Å². The van der Waals surface area contributed by atoms with Gasteiger partial charge in [0.15, 0.2) is 5.78 Å². The number of nitrogens with zero attached hydrogens (tertiary/aromatic N) is 1. The lowest BCUT2D eigenvalue weighted by atomic mass is 9.96. The number of fused-ring (bicyclic) bond motifs is 2. The van der Waals surface area contributed by atoms with Crippen LogP contribution in [0.25, 0.3) is 16.5 Å². The molecule has 3 aromatic rings. The minimum absolute atomic E-state index is 0.278. The molecule has 0 spiro atoms. The molecule has 0 saturated carbocycles. The fourth-order valence-corrected chi connectivity index (χ4v) is 3.50. The van der Waals surface area contributed by atoms with Crippen molar-refractivity contribution in [3.05, 3.63) is 64.4 Å². The quantitative estimate of drug-likeness (QED) is 0.617. The molecular weight excluding hydrogens is 326 g/mol. The maximum Gasteiger partial charge on any atom is 0.164 e. The van der Waals surface area contributed by atoms with Gasteiger partial charge in [0.25, 0.3) is 0 Å². The van der Waals surface area contributed by atoms with Crippen molar-refractivity contribution in [3.63, 3.8) is 0 Å². The van der Waals surface area contributed by atoms with E-state index in [1.165, 1.54) is 10.8 Å². The van der Waals surface area contributed by atoms with E-state index in [-0.39, 0.29) is 5.78 Å². The Morgan fingerprint density at radius 2 is 1.76 bits per heavy atom. The van der Waals surface area contributed by atoms with Gasteiger partial charge in [0.2, 0.25) is 0 Å². The van der Waals surface area contributed by atoms with E-state index >= 15 is 0 Å². The number of hydrogen-bond donors (Lipinski definition) is 0. The van der Waals surface area contributed by atoms with Crippen LogP contribution in [0, 0.1) is 0 Å². The van der Waals surface area contributed by atoms with Crippen molar-refractivity contribution in [2.75, 3.05) is 0 Å². The molecule has 0 atom stereocenters. The first-order chi connectivity index (χ1) is 10.2. The molecule has 0 aliphatic heterocycles. The first-order valence-electron chi connectivity index (χ1n) is 7.15. The average molecular weight is 340 g/mol. The predicted molar refractivity (Wildman–Crippen MR) is 88.2 cm³/mol. The third kappa shape index (κ3) is 2.12. The summed E-state index contributed by atoms with van der Waals surface area (Å²) in [5, 5.41) is 2.42. The van der Waals surface area contributed by atoms with Gasteiger partial charge in [0, 0.05) is 34.0 Å². The zero-order chi connectivity index (χ0) is 14.4. The molecule has 1 heterocycles. The zero-order valence-corrected chi connectivity index (χ0v) is 13.1. The second-order valence-corrected chi connectivity index (χ2v) is 6.41. The van der Waals surface area contributed by atoms with E-state index in [0.717, 1.165) is 34.3 Å². The number of halogens is 1. The Balaban J connectivity index is 1.87. The molecule has 0 N–H and O–H groups in total. The Morgan fingerprint density at radius 3 is 2.67 bits per heavy atom. The molecule has 0 bridgehead atoms. The molecule has 0 radical (unpaired) electrons. The number of ketones is 1. The molecule has 1 aliphatic carbocycles. The highest BCUT2D eigenvalue weighted by molar-refractivity contribution is 9.10. The van der Waals surface area contributed by atoms with Crippen molar-refractivity contribution in [1.82, 2.24) is 4.57 Å². The van der Waals surface area contributed by atoms with Gasteiger partial charge in [-0.05, 0) is 53.9 Å². The van der Waals surface area contributed by atoms with Crippen LogP contribution >= 0.6 is 15.9 Å². The van der Waals surface area contributed by atoms with Crippen molar-refractivity contribution in [2.45, 2.75) is 19.3 Å². The molecule has 0 fully saturated rings. The number of rotatable bonds is 1. The molecule has 4 rings (SSSR count). The van der Waals surface area contributed by atoms with Crippen LogP contribution in [0.4, 0.5) is 0 Å². The molecule has 2 nitrogen and oxygen atoms in total. The molecule has 104 valence electrons. The summed E-state index contributed by atoms with van der Waals surface area (Å²) >= 11 is 3.50. The molecule has 21 heavy (non-hydrogen) atoms. The predicted octanol–water partition coefficient (Wildman–Crippen LogP) is 4.91. The lowest BCUT2D eigenvalue weighted by Crippen LogP contribution is -2.12. The first-order valence-corrected chi connectivity index (χ1v) is 7.95. The van der Waals surface area contributed by atoms with Crippen molar-refractivity contribution in [3.8, 4) is 5.69 Å². The molecule has 2 aromatic carbocycles. The SMILES string of the molecule is O=C1CCCc2c1ccn2-c1ccc2cc(Br)ccc2c1. The van der Waals surface area contributed by atoms with Crippen molar-refractivity contribution in [1.29, 1.82) is 0 Å². The minimum Gasteiger partial charge on any atom is -0.320 e. The number of aromatic nitrogens is 1. The third-order valence-corrected chi connectivity index (χ3v) is 4.67. The molecule has 0 unspecified atom stereocenters. The highest BCUT2D eigenvalue weighted by atomic mass is 79.9. The highest BCUT2D eigenvalue weighted by Crippen LogP contribution is 2.27. The number of carbonyl (C=O) groups excluding carboxylic acids is 1. The summed E-state index contributed by atoms with van der Waals surface area (Å²) in [4.78, 5) is 12.0. The van der Waals surface area contributed by atoms with Gasteiger partial charge in [-0.2, -0.15) is 0 Å². The fraction of sp³-hybridized carbons (Fsp3) is 0.167. The van der Waals surface area contributed by atoms with Crippen LogP contribution in [-0.4, -0.2) is 10.4 Å². The normalized spacial score (nSPS) is 14.4. The topological polar surface area (TPSA) is 22.0 Å². The second-order valence-electron chi connectivity index (χ2n) is 5.50. The molecule has 3 heteroatoms. The first kappa shape index (κ1) is 12.8. The van der Waals surface area contributed by atoms with Gasteiger partial charge in [-0.15, -0.1) is 0 Å². The number of benzene rings is 2. The van der Waals surface area contributed by atoms with E-state index in [1.807, 2.05) is 12.3 Å². The summed E-state index contributed by atoms with van der Waals surface area (Å²) in [6, 6.07) is 14.7. The van der Waals surface area contributed by atoms with Crippen LogP contribution < -0.4 is 0 Å². The Hall–Kier alpha value is -1.87. The summed E-state index contributed by atoms with van der Waals surface area (Å²) in [6.07, 6.45) is 4.64. The smallest absolute Gasteiger partial charge is 0.164 e. The van der Waals surface area contributed by atoms with Gasteiger partial charge in [-0.3, -0.25) is 4.79 Å². The average Bonchev–Trinajstić information content (AvgIpc) is 2.92. The van der Waals surface area contributed by atoms with Gasteiger partial charge in [0.05, 0.1) is 0 Å². The largest absolute Gasteiger partial charge is 0.320 e. The Kier molecular flexibility index (Phi) is 2.96. The maximum atomic E-state index is 12.0. The minimum atomic E-state index is 0.278. The van der Waals surface area contributed by atoms with Gasteiger partial charge in [-0.25, -0.2) is 0 Å². The Morgan fingerprint density at radius 1 is 0.952 bits per heavy atom. The highest BCUT2D eigenvalue weighted by Gasteiger charge is 2.20. The summed E-state index contributed by atoms with van der Waals surface area (Å²) in [6.45, 7) is 0.